The fourth-order valence-corrected chi connectivity index (χ4v) is 1.36. The predicted octanol–water partition coefficient (Wildman–Crippen LogP) is 3.08. The van der Waals surface area contributed by atoms with E-state index in [1.807, 2.05) is 30.3 Å². The zero-order valence-electron chi connectivity index (χ0n) is 9.72. The third-order valence-electron chi connectivity index (χ3n) is 2.22. The Kier molecular flexibility index (Phi) is 2.93. The summed E-state index contributed by atoms with van der Waals surface area (Å²) >= 11 is 0. The molecule has 16 heavy (non-hydrogen) atoms. The topological polar surface area (TPSA) is 26.3 Å². The molecule has 0 atom stereocenters. The number of carbonyl (C=O) groups excluding carboxylic acids is 1. The van der Waals surface area contributed by atoms with E-state index < -0.39 is 6.26 Å². The SMILES string of the molecule is [2H]C(=O)c1ccc(OCc2ccccc2)cc1. The first-order valence-electron chi connectivity index (χ1n) is 5.53. The van der Waals surface area contributed by atoms with Gasteiger partial charge in [-0.2, -0.15) is 0 Å². The third-order valence-corrected chi connectivity index (χ3v) is 2.22. The highest BCUT2D eigenvalue weighted by molar-refractivity contribution is 5.74. The minimum atomic E-state index is -0.681. The van der Waals surface area contributed by atoms with Gasteiger partial charge in [0.25, 0.3) is 0 Å². The number of ether oxygens (including phenoxy) is 1. The maximum Gasteiger partial charge on any atom is 0.150 e. The van der Waals surface area contributed by atoms with E-state index >= 15 is 0 Å². The van der Waals surface area contributed by atoms with Crippen LogP contribution < -0.4 is 4.74 Å². The average Bonchev–Trinajstić information content (AvgIpc) is 2.38. The van der Waals surface area contributed by atoms with Crippen molar-refractivity contribution in [2.75, 3.05) is 0 Å². The monoisotopic (exact) mass is 213 g/mol. The Morgan fingerprint density at radius 2 is 1.75 bits per heavy atom. The molecule has 0 saturated heterocycles. The normalized spacial score (nSPS) is 10.6. The van der Waals surface area contributed by atoms with Crippen LogP contribution in [0.5, 0.6) is 5.75 Å². The summed E-state index contributed by atoms with van der Waals surface area (Å²) in [4.78, 5) is 10.8. The zero-order chi connectivity index (χ0) is 12.1. The second-order valence-corrected chi connectivity index (χ2v) is 3.40. The molecule has 0 fully saturated rings. The highest BCUT2D eigenvalue weighted by Gasteiger charge is 1.95. The zero-order valence-corrected chi connectivity index (χ0v) is 8.72. The van der Waals surface area contributed by atoms with Gasteiger partial charge in [0.05, 0.1) is 0 Å². The van der Waals surface area contributed by atoms with Crippen molar-refractivity contribution in [3.63, 3.8) is 0 Å². The molecule has 0 aliphatic rings. The summed E-state index contributed by atoms with van der Waals surface area (Å²) in [5, 5.41) is 0. The molecular formula is C14H12O2. The van der Waals surface area contributed by atoms with Crippen LogP contribution in [0.25, 0.3) is 0 Å². The molecule has 0 radical (unpaired) electrons. The highest BCUT2D eigenvalue weighted by atomic mass is 16.5. The fourth-order valence-electron chi connectivity index (χ4n) is 1.36. The van der Waals surface area contributed by atoms with Crippen molar-refractivity contribution in [3.05, 3.63) is 65.7 Å². The van der Waals surface area contributed by atoms with Crippen LogP contribution >= 0.6 is 0 Å². The van der Waals surface area contributed by atoms with E-state index in [-0.39, 0.29) is 0 Å². The van der Waals surface area contributed by atoms with E-state index in [1.54, 1.807) is 24.3 Å². The second kappa shape index (κ2) is 5.12. The van der Waals surface area contributed by atoms with E-state index in [0.717, 1.165) is 5.56 Å². The molecular weight excluding hydrogens is 200 g/mol. The largest absolute Gasteiger partial charge is 0.489 e. The predicted molar refractivity (Wildman–Crippen MR) is 62.6 cm³/mol. The van der Waals surface area contributed by atoms with Crippen LogP contribution in [0.1, 0.15) is 17.3 Å². The van der Waals surface area contributed by atoms with Crippen molar-refractivity contribution in [1.29, 1.82) is 0 Å². The smallest absolute Gasteiger partial charge is 0.150 e. The van der Waals surface area contributed by atoms with Gasteiger partial charge < -0.3 is 4.74 Å². The van der Waals surface area contributed by atoms with Gasteiger partial charge in [-0.05, 0) is 29.8 Å². The van der Waals surface area contributed by atoms with Crippen molar-refractivity contribution in [3.8, 4) is 5.75 Å². The summed E-state index contributed by atoms with van der Waals surface area (Å²) < 4.78 is 12.5. The molecule has 2 aromatic carbocycles. The van der Waals surface area contributed by atoms with Crippen LogP contribution in [0.2, 0.25) is 0 Å². The van der Waals surface area contributed by atoms with Crippen molar-refractivity contribution in [2.45, 2.75) is 6.61 Å². The van der Waals surface area contributed by atoms with Crippen LogP contribution in [0, 0.1) is 0 Å². The minimum Gasteiger partial charge on any atom is -0.489 e. The van der Waals surface area contributed by atoms with Crippen molar-refractivity contribution in [2.24, 2.45) is 0 Å². The molecule has 0 aromatic heterocycles. The van der Waals surface area contributed by atoms with Crippen LogP contribution in [0.3, 0.4) is 0 Å². The summed E-state index contributed by atoms with van der Waals surface area (Å²) in [5.74, 6) is 0.693. The number of hydrogen-bond donors (Lipinski definition) is 0. The minimum absolute atomic E-state index is 0.372. The first kappa shape index (κ1) is 9.16. The van der Waals surface area contributed by atoms with Gasteiger partial charge in [0.15, 0.2) is 0 Å². The molecule has 0 saturated carbocycles. The van der Waals surface area contributed by atoms with Crippen LogP contribution in [-0.2, 0) is 6.61 Å². The van der Waals surface area contributed by atoms with Gasteiger partial charge in [-0.15, -0.1) is 0 Å². The van der Waals surface area contributed by atoms with Crippen LogP contribution in [0.15, 0.2) is 54.6 Å². The third kappa shape index (κ3) is 2.70. The molecule has 0 amide bonds. The molecule has 0 bridgehead atoms. The summed E-state index contributed by atoms with van der Waals surface area (Å²) in [5.41, 5.74) is 1.46. The van der Waals surface area contributed by atoms with E-state index in [2.05, 4.69) is 0 Å². The maximum atomic E-state index is 10.8. The molecule has 2 nitrogen and oxygen atoms in total. The number of carbonyl (C=O) groups is 1. The second-order valence-electron chi connectivity index (χ2n) is 3.40. The summed E-state index contributed by atoms with van der Waals surface area (Å²) in [6, 6.07) is 16.4. The summed E-state index contributed by atoms with van der Waals surface area (Å²) in [7, 11) is 0. The van der Waals surface area contributed by atoms with Gasteiger partial charge in [-0.3, -0.25) is 4.79 Å². The van der Waals surface area contributed by atoms with Gasteiger partial charge in [-0.25, -0.2) is 0 Å². The molecule has 80 valence electrons. The quantitative estimate of drug-likeness (QED) is 0.729. The Morgan fingerprint density at radius 1 is 1.06 bits per heavy atom. The standard InChI is InChI=1S/C14H12O2/c15-10-12-6-8-14(9-7-12)16-11-13-4-2-1-3-5-13/h1-10H,11H2/i10D. The molecule has 2 aromatic rings. The lowest BCUT2D eigenvalue weighted by Gasteiger charge is -2.05. The van der Waals surface area contributed by atoms with Crippen LogP contribution in [0.4, 0.5) is 0 Å². The molecule has 2 rings (SSSR count). The van der Waals surface area contributed by atoms with E-state index in [4.69, 9.17) is 6.11 Å². The van der Waals surface area contributed by atoms with Crippen molar-refractivity contribution < 1.29 is 10.9 Å². The fraction of sp³-hybridized carbons (Fsp3) is 0.0714. The van der Waals surface area contributed by atoms with Gasteiger partial charge >= 0.3 is 0 Å². The Hall–Kier alpha value is -2.09. The lowest BCUT2D eigenvalue weighted by molar-refractivity contribution is 0.112. The maximum absolute atomic E-state index is 10.8. The van der Waals surface area contributed by atoms with Crippen LogP contribution in [-0.4, -0.2) is 6.26 Å². The Balaban J connectivity index is 1.98. The molecule has 0 N–H and O–H groups in total. The summed E-state index contributed by atoms with van der Waals surface area (Å²) in [6.45, 7) is 0.495. The number of benzene rings is 2. The number of rotatable bonds is 4. The summed E-state index contributed by atoms with van der Waals surface area (Å²) in [6.07, 6.45) is -0.681. The lowest BCUT2D eigenvalue weighted by atomic mass is 10.2. The Labute approximate surface area is 95.9 Å². The molecule has 0 spiro atoms. The van der Waals surface area contributed by atoms with E-state index in [9.17, 15) is 4.79 Å². The molecule has 2 heteroatoms. The van der Waals surface area contributed by atoms with Gasteiger partial charge in [0, 0.05) is 5.56 Å². The molecule has 0 heterocycles. The van der Waals surface area contributed by atoms with Gasteiger partial charge in [0.1, 0.15) is 20.0 Å². The average molecular weight is 213 g/mol. The van der Waals surface area contributed by atoms with Gasteiger partial charge in [-0.1, -0.05) is 30.3 Å². The first-order chi connectivity index (χ1) is 8.25. The highest BCUT2D eigenvalue weighted by Crippen LogP contribution is 2.13. The molecule has 0 aliphatic carbocycles. The molecule has 0 unspecified atom stereocenters. The van der Waals surface area contributed by atoms with E-state index in [1.165, 1.54) is 0 Å². The number of aldehydes is 1. The van der Waals surface area contributed by atoms with E-state index in [0.29, 0.717) is 17.9 Å². The lowest BCUT2D eigenvalue weighted by Crippen LogP contribution is -1.94. The van der Waals surface area contributed by atoms with Crippen molar-refractivity contribution in [1.82, 2.24) is 0 Å². The Bertz CT molecular complexity index is 491. The number of hydrogen-bond acceptors (Lipinski definition) is 2. The first-order valence-corrected chi connectivity index (χ1v) is 5.03. The Morgan fingerprint density at radius 3 is 2.38 bits per heavy atom. The van der Waals surface area contributed by atoms with Gasteiger partial charge in [0.2, 0.25) is 0 Å². The van der Waals surface area contributed by atoms with Crippen molar-refractivity contribution >= 4 is 6.26 Å². The molecule has 0 aliphatic heterocycles.